The highest BCUT2D eigenvalue weighted by molar-refractivity contribution is 8.00. The summed E-state index contributed by atoms with van der Waals surface area (Å²) in [5, 5.41) is 8.60. The van der Waals surface area contributed by atoms with Crippen LogP contribution in [-0.2, 0) is 0 Å². The van der Waals surface area contributed by atoms with Crippen LogP contribution in [0.4, 0.5) is 0 Å². The van der Waals surface area contributed by atoms with Gasteiger partial charge in [0.15, 0.2) is 0 Å². The Kier molecular flexibility index (Phi) is 8.46. The number of hydrogen-bond acceptors (Lipinski definition) is 4. The molecule has 4 heteroatoms. The topological polar surface area (TPSA) is 40.9 Å². The molecule has 2 rings (SSSR count). The van der Waals surface area contributed by atoms with Crippen molar-refractivity contribution in [2.75, 3.05) is 0 Å². The van der Waals surface area contributed by atoms with E-state index in [1.165, 1.54) is 9.79 Å². The van der Waals surface area contributed by atoms with Gasteiger partial charge >= 0.3 is 0 Å². The van der Waals surface area contributed by atoms with E-state index in [0.29, 0.717) is 0 Å². The maximum atomic E-state index is 10.4. The number of nitriles is 1. The third-order valence-electron chi connectivity index (χ3n) is 2.85. The van der Waals surface area contributed by atoms with Crippen LogP contribution in [0.2, 0.25) is 0 Å². The standard InChI is InChI=1S/C11H13NS.C11H14OS/c2*1-11(2,3)13-10-6-4-9(8-12)5-7-10/h4-7H,1-3H3;4-8H,1-3H3. The zero-order valence-corrected chi connectivity index (χ0v) is 18.0. The summed E-state index contributed by atoms with van der Waals surface area (Å²) in [6, 6.07) is 17.5. The highest BCUT2D eigenvalue weighted by atomic mass is 32.2. The minimum absolute atomic E-state index is 0.225. The molecule has 0 spiro atoms. The fraction of sp³-hybridized carbons (Fsp3) is 0.364. The average Bonchev–Trinajstić information content (AvgIpc) is 2.54. The molecule has 0 radical (unpaired) electrons. The fourth-order valence-electron chi connectivity index (χ4n) is 1.92. The molecule has 0 unspecified atom stereocenters. The molecule has 0 atom stereocenters. The van der Waals surface area contributed by atoms with Crippen molar-refractivity contribution in [1.82, 2.24) is 0 Å². The quantitative estimate of drug-likeness (QED) is 0.428. The summed E-state index contributed by atoms with van der Waals surface area (Å²) in [5.74, 6) is 0. The normalized spacial score (nSPS) is 11.1. The molecule has 2 nitrogen and oxygen atoms in total. The number of aldehydes is 1. The van der Waals surface area contributed by atoms with E-state index in [4.69, 9.17) is 5.26 Å². The number of nitrogens with zero attached hydrogens (tertiary/aromatic N) is 1. The number of carbonyl (C=O) groups is 1. The van der Waals surface area contributed by atoms with Crippen molar-refractivity contribution in [1.29, 1.82) is 5.26 Å². The predicted molar refractivity (Wildman–Crippen MR) is 114 cm³/mol. The van der Waals surface area contributed by atoms with Gasteiger partial charge in [-0.05, 0) is 36.4 Å². The van der Waals surface area contributed by atoms with Crippen molar-refractivity contribution in [3.8, 4) is 6.07 Å². The van der Waals surface area contributed by atoms with Crippen LogP contribution in [-0.4, -0.2) is 15.8 Å². The summed E-state index contributed by atoms with van der Waals surface area (Å²) in [6.45, 7) is 13.0. The Balaban J connectivity index is 0.000000260. The highest BCUT2D eigenvalue weighted by Gasteiger charge is 2.12. The molecule has 0 amide bonds. The minimum Gasteiger partial charge on any atom is -0.298 e. The van der Waals surface area contributed by atoms with Crippen LogP contribution in [0.5, 0.6) is 0 Å². The van der Waals surface area contributed by atoms with Gasteiger partial charge < -0.3 is 0 Å². The van der Waals surface area contributed by atoms with Crippen molar-refractivity contribution < 1.29 is 4.79 Å². The number of thioether (sulfide) groups is 2. The van der Waals surface area contributed by atoms with Gasteiger partial charge in [-0.15, -0.1) is 23.5 Å². The van der Waals surface area contributed by atoms with Gasteiger partial charge in [-0.2, -0.15) is 5.26 Å². The van der Waals surface area contributed by atoms with Gasteiger partial charge in [0, 0.05) is 24.8 Å². The van der Waals surface area contributed by atoms with Crippen molar-refractivity contribution in [2.24, 2.45) is 0 Å². The first-order chi connectivity index (χ1) is 12.0. The summed E-state index contributed by atoms with van der Waals surface area (Å²) >= 11 is 3.61. The maximum absolute atomic E-state index is 10.4. The summed E-state index contributed by atoms with van der Waals surface area (Å²) in [4.78, 5) is 12.8. The van der Waals surface area contributed by atoms with Crippen molar-refractivity contribution in [3.05, 3.63) is 59.7 Å². The molecule has 0 heterocycles. The molecule has 0 aliphatic carbocycles. The van der Waals surface area contributed by atoms with E-state index in [1.54, 1.807) is 11.8 Å². The first kappa shape index (κ1) is 22.3. The van der Waals surface area contributed by atoms with Gasteiger partial charge in [0.25, 0.3) is 0 Å². The molecular formula is C22H27NOS2. The third-order valence-corrected chi connectivity index (χ3v) is 5.09. The van der Waals surface area contributed by atoms with E-state index in [-0.39, 0.29) is 9.49 Å². The van der Waals surface area contributed by atoms with E-state index in [0.717, 1.165) is 17.4 Å². The van der Waals surface area contributed by atoms with E-state index in [2.05, 4.69) is 47.6 Å². The van der Waals surface area contributed by atoms with Crippen molar-refractivity contribution >= 4 is 29.8 Å². The van der Waals surface area contributed by atoms with Gasteiger partial charge in [0.05, 0.1) is 11.6 Å². The number of hydrogen-bond donors (Lipinski definition) is 0. The maximum Gasteiger partial charge on any atom is 0.150 e. The number of carbonyl (C=O) groups excluding carboxylic acids is 1. The monoisotopic (exact) mass is 385 g/mol. The van der Waals surface area contributed by atoms with Gasteiger partial charge in [0.1, 0.15) is 6.29 Å². The van der Waals surface area contributed by atoms with Crippen molar-refractivity contribution in [2.45, 2.75) is 60.8 Å². The molecule has 0 N–H and O–H groups in total. The number of rotatable bonds is 3. The molecular weight excluding hydrogens is 358 g/mol. The first-order valence-electron chi connectivity index (χ1n) is 8.46. The van der Waals surface area contributed by atoms with E-state index in [1.807, 2.05) is 60.3 Å². The lowest BCUT2D eigenvalue weighted by atomic mass is 10.2. The lowest BCUT2D eigenvalue weighted by molar-refractivity contribution is 0.112. The van der Waals surface area contributed by atoms with Gasteiger partial charge in [-0.25, -0.2) is 0 Å². The lowest BCUT2D eigenvalue weighted by Gasteiger charge is -2.17. The fourth-order valence-corrected chi connectivity index (χ4v) is 3.88. The van der Waals surface area contributed by atoms with Crippen LogP contribution in [0.3, 0.4) is 0 Å². The lowest BCUT2D eigenvalue weighted by Crippen LogP contribution is -2.06. The van der Waals surface area contributed by atoms with Crippen LogP contribution < -0.4 is 0 Å². The molecule has 0 aromatic heterocycles. The Bertz CT molecular complexity index is 730. The number of benzene rings is 2. The molecule has 0 saturated heterocycles. The average molecular weight is 386 g/mol. The summed E-state index contributed by atoms with van der Waals surface area (Å²) < 4.78 is 0.455. The second-order valence-electron chi connectivity index (χ2n) is 7.75. The van der Waals surface area contributed by atoms with Crippen LogP contribution in [0.15, 0.2) is 58.3 Å². The zero-order chi connectivity index (χ0) is 19.8. The second-order valence-corrected chi connectivity index (χ2v) is 11.6. The summed E-state index contributed by atoms with van der Waals surface area (Å²) in [5.41, 5.74) is 1.46. The van der Waals surface area contributed by atoms with Gasteiger partial charge in [-0.1, -0.05) is 53.7 Å². The Morgan fingerprint density at radius 1 is 0.769 bits per heavy atom. The van der Waals surface area contributed by atoms with Crippen LogP contribution >= 0.6 is 23.5 Å². The molecule has 0 fully saturated rings. The van der Waals surface area contributed by atoms with Crippen molar-refractivity contribution in [3.63, 3.8) is 0 Å². The van der Waals surface area contributed by atoms with Crippen LogP contribution in [0.25, 0.3) is 0 Å². The Morgan fingerprint density at radius 2 is 1.15 bits per heavy atom. The minimum atomic E-state index is 0.225. The Morgan fingerprint density at radius 3 is 1.46 bits per heavy atom. The summed E-state index contributed by atoms with van der Waals surface area (Å²) in [6.07, 6.45) is 0.867. The largest absolute Gasteiger partial charge is 0.298 e. The van der Waals surface area contributed by atoms with Crippen LogP contribution in [0.1, 0.15) is 57.5 Å². The highest BCUT2D eigenvalue weighted by Crippen LogP contribution is 2.32. The SMILES string of the molecule is CC(C)(C)Sc1ccc(C#N)cc1.CC(C)(C)Sc1ccc(C=O)cc1. The molecule has 0 aliphatic heterocycles. The smallest absolute Gasteiger partial charge is 0.150 e. The van der Waals surface area contributed by atoms with E-state index >= 15 is 0 Å². The Labute approximate surface area is 166 Å². The second kappa shape index (κ2) is 9.85. The molecule has 138 valence electrons. The van der Waals surface area contributed by atoms with E-state index < -0.39 is 0 Å². The molecule has 0 aliphatic rings. The zero-order valence-electron chi connectivity index (χ0n) is 16.4. The third kappa shape index (κ3) is 9.70. The molecule has 26 heavy (non-hydrogen) atoms. The summed E-state index contributed by atoms with van der Waals surface area (Å²) in [7, 11) is 0. The molecule has 0 bridgehead atoms. The predicted octanol–water partition coefficient (Wildman–Crippen LogP) is 6.84. The van der Waals surface area contributed by atoms with Gasteiger partial charge in [-0.3, -0.25) is 4.79 Å². The Hall–Kier alpha value is -1.70. The van der Waals surface area contributed by atoms with Gasteiger partial charge in [0.2, 0.25) is 0 Å². The van der Waals surface area contributed by atoms with E-state index in [9.17, 15) is 4.79 Å². The molecule has 2 aromatic carbocycles. The molecule has 2 aromatic rings. The first-order valence-corrected chi connectivity index (χ1v) is 10.1. The molecule has 0 saturated carbocycles. The van der Waals surface area contributed by atoms with Crippen LogP contribution in [0, 0.1) is 11.3 Å².